The van der Waals surface area contributed by atoms with Crippen molar-refractivity contribution in [1.29, 1.82) is 0 Å². The molecule has 3 aliphatic rings. The van der Waals surface area contributed by atoms with Gasteiger partial charge in [-0.05, 0) is 121 Å². The van der Waals surface area contributed by atoms with Crippen molar-refractivity contribution >= 4 is 66.0 Å². The quantitative estimate of drug-likeness (QED) is 0.148. The number of nitrogens with zero attached hydrogens (tertiary/aromatic N) is 2. The Hall–Kier alpha value is -8.46. The number of rotatable bonds is 8. The minimum Gasteiger partial charge on any atom is -0.333 e. The van der Waals surface area contributed by atoms with Crippen LogP contribution in [0.1, 0.15) is 29.5 Å². The first-order chi connectivity index (χ1) is 33.7. The van der Waals surface area contributed by atoms with Crippen LogP contribution in [-0.2, 0) is 0 Å². The fraction of sp³-hybridized carbons (Fsp3) is 0.0606. The van der Waals surface area contributed by atoms with Crippen LogP contribution in [0, 0.1) is 5.92 Å². The third-order valence-corrected chi connectivity index (χ3v) is 14.6. The van der Waals surface area contributed by atoms with Crippen molar-refractivity contribution in [3.63, 3.8) is 0 Å². The number of para-hydroxylation sites is 2. The normalized spacial score (nSPS) is 17.4. The highest BCUT2D eigenvalue weighted by Crippen LogP contribution is 2.46. The van der Waals surface area contributed by atoms with E-state index in [0.717, 1.165) is 23.5 Å². The lowest BCUT2D eigenvalue weighted by molar-refractivity contribution is 0.656. The van der Waals surface area contributed by atoms with Gasteiger partial charge < -0.3 is 9.47 Å². The summed E-state index contributed by atoms with van der Waals surface area (Å²) < 4.78 is 2.55. The maximum Gasteiger partial charge on any atom is 0.0566 e. The van der Waals surface area contributed by atoms with Gasteiger partial charge in [-0.2, -0.15) is 0 Å². The van der Waals surface area contributed by atoms with Crippen molar-refractivity contribution in [2.45, 2.75) is 18.4 Å². The Morgan fingerprint density at radius 2 is 0.971 bits per heavy atom. The maximum atomic E-state index is 2.55. The largest absolute Gasteiger partial charge is 0.333 e. The third-order valence-electron chi connectivity index (χ3n) is 14.6. The highest BCUT2D eigenvalue weighted by Gasteiger charge is 2.26. The number of aromatic nitrogens is 1. The van der Waals surface area contributed by atoms with Gasteiger partial charge in [-0.15, -0.1) is 0 Å². The first kappa shape index (κ1) is 39.9. The van der Waals surface area contributed by atoms with Gasteiger partial charge in [0.25, 0.3) is 0 Å². The van der Waals surface area contributed by atoms with E-state index in [4.69, 9.17) is 0 Å². The second kappa shape index (κ2) is 16.8. The van der Waals surface area contributed by atoms with Crippen molar-refractivity contribution in [2.24, 2.45) is 5.92 Å². The van der Waals surface area contributed by atoms with Gasteiger partial charge >= 0.3 is 0 Å². The molecule has 13 rings (SSSR count). The highest BCUT2D eigenvalue weighted by atomic mass is 15.1. The summed E-state index contributed by atoms with van der Waals surface area (Å²) >= 11 is 0. The Bertz CT molecular complexity index is 3710. The van der Waals surface area contributed by atoms with E-state index >= 15 is 0 Å². The van der Waals surface area contributed by atoms with Crippen molar-refractivity contribution in [1.82, 2.24) is 4.57 Å². The molecule has 0 aliphatic heterocycles. The molecule has 0 bridgehead atoms. The molecule has 0 N–H and O–H groups in total. The summed E-state index contributed by atoms with van der Waals surface area (Å²) in [7, 11) is 0. The first-order valence-corrected chi connectivity index (χ1v) is 23.9. The topological polar surface area (TPSA) is 8.17 Å². The average molecular weight is 869 g/mol. The minimum atomic E-state index is 0.154. The zero-order valence-corrected chi connectivity index (χ0v) is 37.7. The van der Waals surface area contributed by atoms with Crippen LogP contribution in [0.5, 0.6) is 0 Å². The van der Waals surface area contributed by atoms with Gasteiger partial charge in [0, 0.05) is 50.7 Å². The predicted octanol–water partition coefficient (Wildman–Crippen LogP) is 17.8. The van der Waals surface area contributed by atoms with Gasteiger partial charge in [0.05, 0.1) is 6.04 Å². The van der Waals surface area contributed by atoms with Crippen LogP contribution < -0.4 is 4.90 Å². The van der Waals surface area contributed by atoms with Crippen LogP contribution in [0.4, 0.5) is 17.1 Å². The molecule has 10 aromatic rings. The SMILES string of the molecule is C1=CC2=CC=CC(c3ccc(N(c4ccc(-c5cccc6ccccc56)cc4)c4ccc(C5=CC=CC(n6c7ccccc7c7ccccc76)C5)c(-c5cccc6ccccc56)c4)cc3)C2C=C1. The second-order valence-corrected chi connectivity index (χ2v) is 18.4. The fourth-order valence-corrected chi connectivity index (χ4v) is 11.3. The van der Waals surface area contributed by atoms with E-state index in [-0.39, 0.29) is 12.0 Å². The number of allylic oxidation sites excluding steroid dienone is 12. The number of anilines is 3. The summed E-state index contributed by atoms with van der Waals surface area (Å²) in [4.78, 5) is 2.44. The van der Waals surface area contributed by atoms with Crippen molar-refractivity contribution in [3.05, 3.63) is 278 Å². The van der Waals surface area contributed by atoms with Gasteiger partial charge in [0.15, 0.2) is 0 Å². The fourth-order valence-electron chi connectivity index (χ4n) is 11.3. The molecule has 68 heavy (non-hydrogen) atoms. The van der Waals surface area contributed by atoms with Crippen LogP contribution in [0.3, 0.4) is 0 Å². The number of fused-ring (bicyclic) bond motifs is 6. The molecule has 1 aromatic heterocycles. The monoisotopic (exact) mass is 868 g/mol. The molecule has 2 nitrogen and oxygen atoms in total. The molecule has 3 aliphatic carbocycles. The standard InChI is InChI=1S/C66H48N2/c1-4-23-55-45(15-1)18-12-28-57(55)48-33-37-51(38-34-48)67(52-39-35-49(36-40-52)58-29-13-19-46-16-2-5-24-56(46)58)54-41-42-60(64(44-54)61-30-14-20-47-17-3-6-25-59(47)61)50-21-11-22-53(43-50)68-65-31-9-7-26-62(65)63-27-8-10-32-66(63)68/h1-42,44,53,55,57H,43H2. The first-order valence-electron chi connectivity index (χ1n) is 23.9. The van der Waals surface area contributed by atoms with Crippen LogP contribution in [0.15, 0.2) is 267 Å². The Labute approximate surface area is 397 Å². The summed E-state index contributed by atoms with van der Waals surface area (Å²) in [6.07, 6.45) is 23.6. The van der Waals surface area contributed by atoms with Crippen molar-refractivity contribution in [3.8, 4) is 22.3 Å². The molecule has 0 saturated heterocycles. The van der Waals surface area contributed by atoms with E-state index in [2.05, 4.69) is 270 Å². The van der Waals surface area contributed by atoms with Crippen molar-refractivity contribution < 1.29 is 0 Å². The summed E-state index contributed by atoms with van der Waals surface area (Å²) in [6.45, 7) is 0. The number of hydrogen-bond acceptors (Lipinski definition) is 1. The highest BCUT2D eigenvalue weighted by molar-refractivity contribution is 6.08. The van der Waals surface area contributed by atoms with Gasteiger partial charge in [0.2, 0.25) is 0 Å². The zero-order valence-electron chi connectivity index (χ0n) is 37.7. The summed E-state index contributed by atoms with van der Waals surface area (Å²) in [5.41, 5.74) is 16.0. The molecule has 0 saturated carbocycles. The summed E-state index contributed by atoms with van der Waals surface area (Å²) in [5, 5.41) is 7.58. The Kier molecular flexibility index (Phi) is 9.83. The van der Waals surface area contributed by atoms with E-state index in [1.807, 2.05) is 0 Å². The third kappa shape index (κ3) is 6.88. The molecule has 0 fully saturated rings. The van der Waals surface area contributed by atoms with E-state index < -0.39 is 0 Å². The Morgan fingerprint density at radius 1 is 0.397 bits per heavy atom. The van der Waals surface area contributed by atoms with Gasteiger partial charge in [-0.25, -0.2) is 0 Å². The van der Waals surface area contributed by atoms with Crippen LogP contribution in [0.25, 0.3) is 71.2 Å². The molecule has 0 amide bonds. The molecule has 0 spiro atoms. The lowest BCUT2D eigenvalue weighted by Crippen LogP contribution is -2.15. The molecular weight excluding hydrogens is 821 g/mol. The molecule has 322 valence electrons. The van der Waals surface area contributed by atoms with Crippen LogP contribution >= 0.6 is 0 Å². The average Bonchev–Trinajstić information content (AvgIpc) is 3.75. The lowest BCUT2D eigenvalue weighted by Gasteiger charge is -2.30. The van der Waals surface area contributed by atoms with Gasteiger partial charge in [-0.3, -0.25) is 0 Å². The van der Waals surface area contributed by atoms with E-state index in [0.29, 0.717) is 5.92 Å². The zero-order chi connectivity index (χ0) is 45.0. The summed E-state index contributed by atoms with van der Waals surface area (Å²) in [6, 6.07) is 74.3. The van der Waals surface area contributed by atoms with Gasteiger partial charge in [-0.1, -0.05) is 212 Å². The van der Waals surface area contributed by atoms with E-state index in [1.54, 1.807) is 0 Å². The molecule has 1 heterocycles. The molecule has 3 unspecified atom stereocenters. The second-order valence-electron chi connectivity index (χ2n) is 18.4. The predicted molar refractivity (Wildman–Crippen MR) is 289 cm³/mol. The lowest BCUT2D eigenvalue weighted by atomic mass is 9.76. The molecular formula is C66H48N2. The smallest absolute Gasteiger partial charge is 0.0566 e. The van der Waals surface area contributed by atoms with Crippen molar-refractivity contribution in [2.75, 3.05) is 4.90 Å². The van der Waals surface area contributed by atoms with Gasteiger partial charge in [0.1, 0.15) is 0 Å². The Morgan fingerprint density at radius 3 is 1.69 bits per heavy atom. The van der Waals surface area contributed by atoms with E-state index in [1.165, 1.54) is 87.9 Å². The number of hydrogen-bond donors (Lipinski definition) is 0. The molecule has 3 atom stereocenters. The minimum absolute atomic E-state index is 0.154. The van der Waals surface area contributed by atoms with Crippen LogP contribution in [-0.4, -0.2) is 4.57 Å². The van der Waals surface area contributed by atoms with Crippen LogP contribution in [0.2, 0.25) is 0 Å². The summed E-state index contributed by atoms with van der Waals surface area (Å²) in [5.74, 6) is 0.614. The number of benzene rings is 9. The maximum absolute atomic E-state index is 2.55. The van der Waals surface area contributed by atoms with E-state index in [9.17, 15) is 0 Å². The molecule has 0 radical (unpaired) electrons. The molecule has 2 heteroatoms. The Balaban J connectivity index is 0.952. The molecule has 9 aromatic carbocycles.